The largest absolute Gasteiger partial charge is 0.497 e. The number of methoxy groups -OCH3 is 2. The molecular weight excluding hydrogens is 218 g/mol. The molecule has 0 saturated carbocycles. The number of benzene rings is 1. The van der Waals surface area contributed by atoms with E-state index < -0.39 is 5.92 Å². The van der Waals surface area contributed by atoms with Gasteiger partial charge in [0.05, 0.1) is 26.2 Å². The average Bonchev–Trinajstić information content (AvgIpc) is 2.34. The smallest absolute Gasteiger partial charge is 0.131 e. The van der Waals surface area contributed by atoms with Crippen LogP contribution in [0.4, 0.5) is 0 Å². The first kappa shape index (κ1) is 13.0. The molecule has 0 aliphatic carbocycles. The molecule has 0 saturated heterocycles. The van der Waals surface area contributed by atoms with Gasteiger partial charge in [-0.25, -0.2) is 0 Å². The van der Waals surface area contributed by atoms with E-state index in [0.29, 0.717) is 17.1 Å². The molecule has 0 amide bonds. The highest BCUT2D eigenvalue weighted by atomic mass is 16.5. The molecule has 0 heterocycles. The van der Waals surface area contributed by atoms with E-state index in [1.165, 1.54) is 14.0 Å². The van der Waals surface area contributed by atoms with Gasteiger partial charge in [-0.2, -0.15) is 5.26 Å². The number of nitrogens with zero attached hydrogens (tertiary/aromatic N) is 1. The summed E-state index contributed by atoms with van der Waals surface area (Å²) in [6.07, 6.45) is 0.181. The second-order valence-electron chi connectivity index (χ2n) is 3.70. The zero-order valence-electron chi connectivity index (χ0n) is 10.2. The molecule has 1 aromatic rings. The van der Waals surface area contributed by atoms with E-state index in [9.17, 15) is 4.79 Å². The molecule has 4 heteroatoms. The van der Waals surface area contributed by atoms with Gasteiger partial charge in [0.1, 0.15) is 17.3 Å². The number of nitriles is 1. The van der Waals surface area contributed by atoms with Crippen molar-refractivity contribution in [2.75, 3.05) is 14.2 Å². The molecule has 1 atom stereocenters. The standard InChI is InChI=1S/C13H15NO3/c1-9(15)6-10(8-14)12-7-11(16-2)4-5-13(12)17-3/h4-5,7,10H,6H2,1-3H3. The first-order valence-electron chi connectivity index (χ1n) is 5.23. The fraction of sp³-hybridized carbons (Fsp3) is 0.385. The van der Waals surface area contributed by atoms with Gasteiger partial charge in [0.2, 0.25) is 0 Å². The van der Waals surface area contributed by atoms with Crippen molar-refractivity contribution >= 4 is 5.78 Å². The summed E-state index contributed by atoms with van der Waals surface area (Å²) in [7, 11) is 3.09. The Bertz CT molecular complexity index is 448. The molecule has 1 unspecified atom stereocenters. The molecule has 0 radical (unpaired) electrons. The molecule has 4 nitrogen and oxygen atoms in total. The first-order chi connectivity index (χ1) is 8.12. The predicted molar refractivity (Wildman–Crippen MR) is 63.2 cm³/mol. The van der Waals surface area contributed by atoms with Crippen LogP contribution < -0.4 is 9.47 Å². The van der Waals surface area contributed by atoms with Crippen molar-refractivity contribution in [2.45, 2.75) is 19.3 Å². The van der Waals surface area contributed by atoms with Crippen molar-refractivity contribution in [3.63, 3.8) is 0 Å². The molecule has 1 aromatic carbocycles. The lowest BCUT2D eigenvalue weighted by Gasteiger charge is -2.13. The minimum atomic E-state index is -0.502. The number of hydrogen-bond acceptors (Lipinski definition) is 4. The fourth-order valence-electron chi connectivity index (χ4n) is 1.62. The minimum Gasteiger partial charge on any atom is -0.497 e. The summed E-state index contributed by atoms with van der Waals surface area (Å²) in [5, 5.41) is 9.11. The van der Waals surface area contributed by atoms with E-state index in [-0.39, 0.29) is 12.2 Å². The normalized spacial score (nSPS) is 11.4. The molecule has 17 heavy (non-hydrogen) atoms. The summed E-state index contributed by atoms with van der Waals surface area (Å²) in [4.78, 5) is 11.1. The van der Waals surface area contributed by atoms with Gasteiger partial charge in [-0.1, -0.05) is 0 Å². The summed E-state index contributed by atoms with van der Waals surface area (Å²) in [6.45, 7) is 1.47. The van der Waals surface area contributed by atoms with Crippen molar-refractivity contribution in [3.05, 3.63) is 23.8 Å². The van der Waals surface area contributed by atoms with E-state index in [1.54, 1.807) is 25.3 Å². The maximum Gasteiger partial charge on any atom is 0.131 e. The molecule has 0 spiro atoms. The van der Waals surface area contributed by atoms with Gasteiger partial charge in [0, 0.05) is 12.0 Å². The lowest BCUT2D eigenvalue weighted by Crippen LogP contribution is -2.04. The molecule has 0 aromatic heterocycles. The maximum absolute atomic E-state index is 11.1. The van der Waals surface area contributed by atoms with Crippen LogP contribution in [0.1, 0.15) is 24.8 Å². The van der Waals surface area contributed by atoms with E-state index in [4.69, 9.17) is 14.7 Å². The van der Waals surface area contributed by atoms with Gasteiger partial charge in [-0.3, -0.25) is 4.79 Å². The summed E-state index contributed by atoms with van der Waals surface area (Å²) in [5.74, 6) is 0.710. The summed E-state index contributed by atoms with van der Waals surface area (Å²) in [6, 6.07) is 7.34. The number of Topliss-reactive ketones (excluding diaryl/α,β-unsaturated/α-hetero) is 1. The Morgan fingerprint density at radius 2 is 2.12 bits per heavy atom. The lowest BCUT2D eigenvalue weighted by atomic mass is 9.94. The number of carbonyl (C=O) groups is 1. The summed E-state index contributed by atoms with van der Waals surface area (Å²) in [5.41, 5.74) is 0.685. The van der Waals surface area contributed by atoms with Gasteiger partial charge in [0.15, 0.2) is 0 Å². The molecular formula is C13H15NO3. The monoisotopic (exact) mass is 233 g/mol. The molecule has 0 bridgehead atoms. The SMILES string of the molecule is COc1ccc(OC)c(C(C#N)CC(C)=O)c1. The molecule has 90 valence electrons. The van der Waals surface area contributed by atoms with Crippen molar-refractivity contribution in [3.8, 4) is 17.6 Å². The van der Waals surface area contributed by atoms with Crippen LogP contribution in [0.25, 0.3) is 0 Å². The van der Waals surface area contributed by atoms with Gasteiger partial charge in [-0.15, -0.1) is 0 Å². The van der Waals surface area contributed by atoms with Crippen molar-refractivity contribution in [2.24, 2.45) is 0 Å². The van der Waals surface area contributed by atoms with E-state index >= 15 is 0 Å². The Morgan fingerprint density at radius 1 is 1.41 bits per heavy atom. The van der Waals surface area contributed by atoms with Crippen LogP contribution in [-0.4, -0.2) is 20.0 Å². The average molecular weight is 233 g/mol. The Balaban J connectivity index is 3.15. The van der Waals surface area contributed by atoms with Crippen LogP contribution in [0.2, 0.25) is 0 Å². The van der Waals surface area contributed by atoms with E-state index in [1.807, 2.05) is 0 Å². The van der Waals surface area contributed by atoms with Crippen molar-refractivity contribution in [1.82, 2.24) is 0 Å². The van der Waals surface area contributed by atoms with Crippen LogP contribution in [0.3, 0.4) is 0 Å². The third-order valence-electron chi connectivity index (χ3n) is 2.46. The van der Waals surface area contributed by atoms with Gasteiger partial charge < -0.3 is 9.47 Å². The van der Waals surface area contributed by atoms with Gasteiger partial charge in [0.25, 0.3) is 0 Å². The Hall–Kier alpha value is -2.02. The highest BCUT2D eigenvalue weighted by Gasteiger charge is 2.18. The van der Waals surface area contributed by atoms with E-state index in [0.717, 1.165) is 0 Å². The number of rotatable bonds is 5. The quantitative estimate of drug-likeness (QED) is 0.782. The maximum atomic E-state index is 11.1. The molecule has 0 N–H and O–H groups in total. The van der Waals surface area contributed by atoms with Crippen molar-refractivity contribution in [1.29, 1.82) is 5.26 Å². The summed E-state index contributed by atoms with van der Waals surface area (Å²) >= 11 is 0. The second-order valence-corrected chi connectivity index (χ2v) is 3.70. The first-order valence-corrected chi connectivity index (χ1v) is 5.23. The zero-order chi connectivity index (χ0) is 12.8. The zero-order valence-corrected chi connectivity index (χ0v) is 10.2. The number of carbonyl (C=O) groups excluding carboxylic acids is 1. The Labute approximate surface area is 101 Å². The van der Waals surface area contributed by atoms with Crippen molar-refractivity contribution < 1.29 is 14.3 Å². The molecule has 0 aliphatic heterocycles. The highest BCUT2D eigenvalue weighted by molar-refractivity contribution is 5.77. The number of ketones is 1. The second kappa shape index (κ2) is 5.90. The molecule has 0 aliphatic rings. The number of ether oxygens (including phenoxy) is 2. The van der Waals surface area contributed by atoms with Crippen LogP contribution in [0, 0.1) is 11.3 Å². The fourth-order valence-corrected chi connectivity index (χ4v) is 1.62. The minimum absolute atomic E-state index is 0.0265. The Kier molecular flexibility index (Phi) is 4.53. The third-order valence-corrected chi connectivity index (χ3v) is 2.46. The Morgan fingerprint density at radius 3 is 2.59 bits per heavy atom. The van der Waals surface area contributed by atoms with Gasteiger partial charge in [-0.05, 0) is 25.1 Å². The lowest BCUT2D eigenvalue weighted by molar-refractivity contribution is -0.117. The van der Waals surface area contributed by atoms with E-state index in [2.05, 4.69) is 6.07 Å². The van der Waals surface area contributed by atoms with Crippen LogP contribution in [0.5, 0.6) is 11.5 Å². The summed E-state index contributed by atoms with van der Waals surface area (Å²) < 4.78 is 10.3. The topological polar surface area (TPSA) is 59.3 Å². The predicted octanol–water partition coefficient (Wildman–Crippen LogP) is 2.29. The molecule has 0 fully saturated rings. The van der Waals surface area contributed by atoms with Crippen LogP contribution in [0.15, 0.2) is 18.2 Å². The third kappa shape index (κ3) is 3.22. The van der Waals surface area contributed by atoms with Crippen LogP contribution in [-0.2, 0) is 4.79 Å². The van der Waals surface area contributed by atoms with Crippen LogP contribution >= 0.6 is 0 Å². The molecule has 1 rings (SSSR count). The highest BCUT2D eigenvalue weighted by Crippen LogP contribution is 2.32. The number of hydrogen-bond donors (Lipinski definition) is 0. The van der Waals surface area contributed by atoms with Gasteiger partial charge >= 0.3 is 0 Å².